The van der Waals surface area contributed by atoms with Crippen molar-refractivity contribution in [2.45, 2.75) is 6.92 Å². The third-order valence-corrected chi connectivity index (χ3v) is 2.78. The Labute approximate surface area is 119 Å². The van der Waals surface area contributed by atoms with Crippen molar-refractivity contribution in [1.82, 2.24) is 4.98 Å². The van der Waals surface area contributed by atoms with E-state index in [1.807, 2.05) is 13.0 Å². The highest BCUT2D eigenvalue weighted by Crippen LogP contribution is 2.27. The summed E-state index contributed by atoms with van der Waals surface area (Å²) in [5.74, 6) is -0.743. The second-order valence-electron chi connectivity index (χ2n) is 4.21. The van der Waals surface area contributed by atoms with Crippen LogP contribution in [0.15, 0.2) is 36.5 Å². The summed E-state index contributed by atoms with van der Waals surface area (Å²) >= 11 is 0. The van der Waals surface area contributed by atoms with E-state index in [1.54, 1.807) is 6.20 Å². The van der Waals surface area contributed by atoms with E-state index in [4.69, 9.17) is 10.1 Å². The molecule has 0 aliphatic rings. The SMILES string of the molecule is Cc1cc[nH]c1/C(=C\C=N)Oc1ccc([N+](=O)[O-])cc1F. The van der Waals surface area contributed by atoms with Gasteiger partial charge in [0, 0.05) is 24.6 Å². The highest BCUT2D eigenvalue weighted by atomic mass is 19.1. The van der Waals surface area contributed by atoms with Crippen molar-refractivity contribution in [3.63, 3.8) is 0 Å². The molecule has 7 heteroatoms. The fourth-order valence-electron chi connectivity index (χ4n) is 1.76. The van der Waals surface area contributed by atoms with Crippen molar-refractivity contribution < 1.29 is 14.1 Å². The zero-order chi connectivity index (χ0) is 15.4. The van der Waals surface area contributed by atoms with Gasteiger partial charge in [-0.3, -0.25) is 10.1 Å². The summed E-state index contributed by atoms with van der Waals surface area (Å²) in [5.41, 5.74) is 1.12. The monoisotopic (exact) mass is 289 g/mol. The number of rotatable bonds is 5. The average Bonchev–Trinajstić information content (AvgIpc) is 2.86. The number of nitro groups is 1. The third kappa shape index (κ3) is 3.14. The molecule has 2 N–H and O–H groups in total. The van der Waals surface area contributed by atoms with Crippen molar-refractivity contribution in [3.05, 3.63) is 63.7 Å². The van der Waals surface area contributed by atoms with Gasteiger partial charge in [0.25, 0.3) is 5.69 Å². The van der Waals surface area contributed by atoms with Gasteiger partial charge in [0.1, 0.15) is 0 Å². The van der Waals surface area contributed by atoms with Crippen LogP contribution >= 0.6 is 0 Å². The summed E-state index contributed by atoms with van der Waals surface area (Å²) in [7, 11) is 0. The lowest BCUT2D eigenvalue weighted by Gasteiger charge is -2.10. The van der Waals surface area contributed by atoms with Crippen LogP contribution in [0.1, 0.15) is 11.3 Å². The largest absolute Gasteiger partial charge is 0.452 e. The van der Waals surface area contributed by atoms with Crippen molar-refractivity contribution >= 4 is 17.7 Å². The van der Waals surface area contributed by atoms with Crippen molar-refractivity contribution in [2.75, 3.05) is 0 Å². The van der Waals surface area contributed by atoms with Gasteiger partial charge in [-0.05, 0) is 24.6 Å². The number of aryl methyl sites for hydroxylation is 1. The van der Waals surface area contributed by atoms with E-state index in [2.05, 4.69) is 4.98 Å². The number of non-ortho nitro benzene ring substituents is 1. The Morgan fingerprint density at radius 1 is 1.48 bits per heavy atom. The predicted octanol–water partition coefficient (Wildman–Crippen LogP) is 3.44. The molecule has 2 aromatic rings. The maximum absolute atomic E-state index is 13.8. The van der Waals surface area contributed by atoms with Gasteiger partial charge < -0.3 is 15.1 Å². The molecule has 21 heavy (non-hydrogen) atoms. The number of nitro benzene ring substituents is 1. The Balaban J connectivity index is 2.35. The summed E-state index contributed by atoms with van der Waals surface area (Å²) in [4.78, 5) is 12.8. The van der Waals surface area contributed by atoms with Crippen LogP contribution in [0.5, 0.6) is 5.75 Å². The molecule has 1 aromatic heterocycles. The number of aromatic nitrogens is 1. The molecule has 1 aromatic carbocycles. The number of aromatic amines is 1. The zero-order valence-corrected chi connectivity index (χ0v) is 11.1. The van der Waals surface area contributed by atoms with Crippen molar-refractivity contribution in [2.24, 2.45) is 0 Å². The van der Waals surface area contributed by atoms with Crippen LogP contribution in [0.2, 0.25) is 0 Å². The maximum Gasteiger partial charge on any atom is 0.272 e. The number of hydrogen-bond donors (Lipinski definition) is 2. The quantitative estimate of drug-likeness (QED) is 0.382. The Morgan fingerprint density at radius 3 is 2.76 bits per heavy atom. The number of nitrogens with zero attached hydrogens (tertiary/aromatic N) is 1. The zero-order valence-electron chi connectivity index (χ0n) is 11.1. The molecule has 0 saturated carbocycles. The minimum Gasteiger partial charge on any atom is -0.452 e. The van der Waals surface area contributed by atoms with Gasteiger partial charge in [-0.1, -0.05) is 0 Å². The van der Waals surface area contributed by atoms with Crippen LogP contribution in [0, 0.1) is 28.3 Å². The lowest BCUT2D eigenvalue weighted by molar-refractivity contribution is -0.385. The van der Waals surface area contributed by atoms with E-state index >= 15 is 0 Å². The maximum atomic E-state index is 13.8. The molecule has 6 nitrogen and oxygen atoms in total. The van der Waals surface area contributed by atoms with Gasteiger partial charge in [-0.2, -0.15) is 0 Å². The minimum atomic E-state index is -0.843. The summed E-state index contributed by atoms with van der Waals surface area (Å²) in [5, 5.41) is 17.7. The Bertz CT molecular complexity index is 722. The highest BCUT2D eigenvalue weighted by Gasteiger charge is 2.15. The molecule has 0 spiro atoms. The van der Waals surface area contributed by atoms with Gasteiger partial charge in [0.15, 0.2) is 17.3 Å². The summed E-state index contributed by atoms with van der Waals surface area (Å²) in [6, 6.07) is 4.94. The van der Waals surface area contributed by atoms with Gasteiger partial charge >= 0.3 is 0 Å². The predicted molar refractivity (Wildman–Crippen MR) is 76.0 cm³/mol. The molecule has 0 saturated heterocycles. The normalized spacial score (nSPS) is 11.2. The topological polar surface area (TPSA) is 92.0 Å². The Hall–Kier alpha value is -2.96. The molecule has 0 fully saturated rings. The molecule has 2 rings (SSSR count). The van der Waals surface area contributed by atoms with Crippen LogP contribution in [-0.4, -0.2) is 16.1 Å². The summed E-state index contributed by atoms with van der Waals surface area (Å²) in [6.45, 7) is 1.83. The summed E-state index contributed by atoms with van der Waals surface area (Å²) in [6.07, 6.45) is 4.07. The molecule has 0 radical (unpaired) electrons. The Morgan fingerprint density at radius 2 is 2.24 bits per heavy atom. The number of allylic oxidation sites excluding steroid dienone is 1. The van der Waals surface area contributed by atoms with Crippen molar-refractivity contribution in [1.29, 1.82) is 5.41 Å². The lowest BCUT2D eigenvalue weighted by atomic mass is 10.2. The highest BCUT2D eigenvalue weighted by molar-refractivity contribution is 5.80. The molecule has 0 amide bonds. The van der Waals surface area contributed by atoms with Gasteiger partial charge in [-0.15, -0.1) is 0 Å². The van der Waals surface area contributed by atoms with E-state index in [-0.39, 0.29) is 17.2 Å². The number of H-pyrrole nitrogens is 1. The van der Waals surface area contributed by atoms with Crippen molar-refractivity contribution in [3.8, 4) is 5.75 Å². The third-order valence-electron chi connectivity index (χ3n) is 2.78. The lowest BCUT2D eigenvalue weighted by Crippen LogP contribution is -2.00. The second kappa shape index (κ2) is 6.00. The number of nitrogens with one attached hydrogen (secondary N) is 2. The number of benzene rings is 1. The smallest absolute Gasteiger partial charge is 0.272 e. The van der Waals surface area contributed by atoms with E-state index in [9.17, 15) is 14.5 Å². The first-order valence-corrected chi connectivity index (χ1v) is 6.00. The molecular weight excluding hydrogens is 277 g/mol. The molecule has 0 unspecified atom stereocenters. The molecule has 108 valence electrons. The van der Waals surface area contributed by atoms with Gasteiger partial charge in [-0.25, -0.2) is 4.39 Å². The number of halogens is 1. The van der Waals surface area contributed by atoms with E-state index in [0.717, 1.165) is 23.9 Å². The molecule has 1 heterocycles. The van der Waals surface area contributed by atoms with Crippen LogP contribution in [0.4, 0.5) is 10.1 Å². The fraction of sp³-hybridized carbons (Fsp3) is 0.0714. The first-order chi connectivity index (χ1) is 10.0. The van der Waals surface area contributed by atoms with E-state index in [1.165, 1.54) is 12.1 Å². The standard InChI is InChI=1S/C14H12FN3O3/c1-9-5-7-17-14(9)13(4-6-16)21-12-3-2-10(18(19)20)8-11(12)15/h2-8,16-17H,1H3/b13-4+,16-6?. The fourth-order valence-corrected chi connectivity index (χ4v) is 1.76. The average molecular weight is 289 g/mol. The van der Waals surface area contributed by atoms with Crippen LogP contribution in [0.3, 0.4) is 0 Å². The first-order valence-electron chi connectivity index (χ1n) is 6.00. The van der Waals surface area contributed by atoms with E-state index in [0.29, 0.717) is 5.69 Å². The van der Waals surface area contributed by atoms with Gasteiger partial charge in [0.05, 0.1) is 16.7 Å². The summed E-state index contributed by atoms with van der Waals surface area (Å²) < 4.78 is 19.3. The first kappa shape index (κ1) is 14.4. The molecule has 0 bridgehead atoms. The van der Waals surface area contributed by atoms with Crippen LogP contribution in [-0.2, 0) is 0 Å². The van der Waals surface area contributed by atoms with E-state index < -0.39 is 10.7 Å². The van der Waals surface area contributed by atoms with Crippen LogP contribution < -0.4 is 4.74 Å². The second-order valence-corrected chi connectivity index (χ2v) is 4.21. The molecular formula is C14H12FN3O3. The molecule has 0 aliphatic heterocycles. The Kier molecular flexibility index (Phi) is 4.13. The minimum absolute atomic E-state index is 0.150. The number of hydrogen-bond acceptors (Lipinski definition) is 4. The molecule has 0 aliphatic carbocycles. The number of ether oxygens (including phenoxy) is 1. The van der Waals surface area contributed by atoms with Gasteiger partial charge in [0.2, 0.25) is 0 Å². The molecule has 0 atom stereocenters. The van der Waals surface area contributed by atoms with Crippen LogP contribution in [0.25, 0.3) is 5.76 Å².